The summed E-state index contributed by atoms with van der Waals surface area (Å²) in [7, 11) is 0. The highest BCUT2D eigenvalue weighted by molar-refractivity contribution is 6.09. The van der Waals surface area contributed by atoms with E-state index in [1.165, 1.54) is 21.9 Å². The van der Waals surface area contributed by atoms with Crippen molar-refractivity contribution in [3.8, 4) is 0 Å². The average molecular weight is 835 g/mol. The van der Waals surface area contributed by atoms with Gasteiger partial charge in [-0.1, -0.05) is 84.9 Å². The number of carbonyl (C=O) groups is 2. The van der Waals surface area contributed by atoms with Crippen LogP contribution in [0.3, 0.4) is 0 Å². The topological polar surface area (TPSA) is 114 Å². The molecule has 2 aliphatic rings. The maximum Gasteiger partial charge on any atom is 0.224 e. The van der Waals surface area contributed by atoms with Gasteiger partial charge in [0, 0.05) is 40.6 Å². The zero-order chi connectivity index (χ0) is 44.7. The van der Waals surface area contributed by atoms with Crippen molar-refractivity contribution in [1.82, 2.24) is 20.6 Å². The number of aliphatic imine (C=N–C) groups is 2. The molecule has 2 atom stereocenters. The van der Waals surface area contributed by atoms with Gasteiger partial charge in [0.05, 0.1) is 36.3 Å². The molecule has 2 aromatic heterocycles. The van der Waals surface area contributed by atoms with Crippen LogP contribution in [0.15, 0.2) is 129 Å². The summed E-state index contributed by atoms with van der Waals surface area (Å²) < 4.78 is 0. The number of carbonyl (C=O) groups excluding carboxylic acids is 2. The number of rotatable bonds is 12. The highest BCUT2D eigenvalue weighted by atomic mass is 16.2. The van der Waals surface area contributed by atoms with E-state index in [-0.39, 0.29) is 23.9 Å². The molecule has 2 amide bonds. The molecule has 320 valence electrons. The van der Waals surface area contributed by atoms with E-state index in [2.05, 4.69) is 123 Å². The summed E-state index contributed by atoms with van der Waals surface area (Å²) in [6, 6.07) is 28.8. The summed E-state index contributed by atoms with van der Waals surface area (Å²) >= 11 is 0. The van der Waals surface area contributed by atoms with Gasteiger partial charge >= 0.3 is 0 Å². The summed E-state index contributed by atoms with van der Waals surface area (Å²) in [6.45, 7) is 20.8. The molecule has 0 saturated heterocycles. The Kier molecular flexibility index (Phi) is 11.9. The zero-order valence-electron chi connectivity index (χ0n) is 38.2. The first-order chi connectivity index (χ1) is 30.2. The van der Waals surface area contributed by atoms with Crippen LogP contribution < -0.4 is 10.6 Å². The lowest BCUT2D eigenvalue weighted by Gasteiger charge is -2.17. The Hall–Kier alpha value is -6.80. The molecule has 63 heavy (non-hydrogen) atoms. The number of fused-ring (bicyclic) bond motifs is 2. The lowest BCUT2D eigenvalue weighted by Crippen LogP contribution is -2.28. The summed E-state index contributed by atoms with van der Waals surface area (Å²) in [4.78, 5) is 44.1. The van der Waals surface area contributed by atoms with Gasteiger partial charge in [-0.25, -0.2) is 0 Å². The summed E-state index contributed by atoms with van der Waals surface area (Å²) in [6.07, 6.45) is 5.55. The van der Waals surface area contributed by atoms with E-state index < -0.39 is 0 Å². The molecule has 0 unspecified atom stereocenters. The van der Waals surface area contributed by atoms with Crippen LogP contribution in [0.1, 0.15) is 116 Å². The van der Waals surface area contributed by atoms with Crippen LogP contribution in [0.25, 0.3) is 33.7 Å². The molecule has 0 saturated carbocycles. The van der Waals surface area contributed by atoms with Crippen LogP contribution in [0, 0.1) is 27.7 Å². The van der Waals surface area contributed by atoms with Crippen LogP contribution in [0.4, 0.5) is 0 Å². The quantitative estimate of drug-likeness (QED) is 0.0983. The van der Waals surface area contributed by atoms with Crippen molar-refractivity contribution in [2.75, 3.05) is 0 Å². The van der Waals surface area contributed by atoms with Crippen LogP contribution in [-0.4, -0.2) is 33.2 Å². The number of benzene rings is 4. The molecule has 4 N–H and O–H groups in total. The minimum atomic E-state index is -0.123. The van der Waals surface area contributed by atoms with E-state index in [4.69, 9.17) is 9.98 Å². The fourth-order valence-electron chi connectivity index (χ4n) is 9.53. The number of hydrogen-bond acceptors (Lipinski definition) is 4. The number of aromatic amines is 2. The van der Waals surface area contributed by atoms with E-state index in [0.29, 0.717) is 12.8 Å². The second-order valence-electron chi connectivity index (χ2n) is 17.4. The molecule has 4 heterocycles. The van der Waals surface area contributed by atoms with Gasteiger partial charge in [0.25, 0.3) is 0 Å². The first-order valence-corrected chi connectivity index (χ1v) is 22.0. The molecule has 8 rings (SSSR count). The van der Waals surface area contributed by atoms with Crippen molar-refractivity contribution >= 4 is 56.9 Å². The Labute approximate surface area is 371 Å². The second kappa shape index (κ2) is 17.5. The lowest BCUT2D eigenvalue weighted by molar-refractivity contribution is -0.121. The Bertz CT molecular complexity index is 2820. The van der Waals surface area contributed by atoms with E-state index >= 15 is 0 Å². The molecule has 0 fully saturated rings. The summed E-state index contributed by atoms with van der Waals surface area (Å²) in [5.41, 5.74) is 18.8. The number of nitrogens with one attached hydrogen (secondary N) is 4. The van der Waals surface area contributed by atoms with Gasteiger partial charge in [0.2, 0.25) is 11.8 Å². The van der Waals surface area contributed by atoms with Gasteiger partial charge in [0.15, 0.2) is 0 Å². The van der Waals surface area contributed by atoms with Gasteiger partial charge < -0.3 is 20.6 Å². The number of hydrogen-bond donors (Lipinski definition) is 4. The normalized spacial score (nSPS) is 16.4. The van der Waals surface area contributed by atoms with Gasteiger partial charge in [-0.15, -0.1) is 0 Å². The first-order valence-electron chi connectivity index (χ1n) is 22.0. The number of amides is 2. The van der Waals surface area contributed by atoms with Crippen molar-refractivity contribution in [2.24, 2.45) is 9.98 Å². The summed E-state index contributed by atoms with van der Waals surface area (Å²) in [5, 5.41) is 11.1. The second-order valence-corrected chi connectivity index (χ2v) is 17.4. The van der Waals surface area contributed by atoms with E-state index in [1.54, 1.807) is 0 Å². The third kappa shape index (κ3) is 8.55. The van der Waals surface area contributed by atoms with E-state index in [0.717, 1.165) is 107 Å². The van der Waals surface area contributed by atoms with Gasteiger partial charge in [-0.05, 0) is 159 Å². The highest BCUT2D eigenvalue weighted by Gasteiger charge is 2.26. The molecule has 0 radical (unpaired) electrons. The standard InChI is InChI=1S/C55H58N6O2/c1-30-46(36(7)56-50(30)28-52-32(3)48(38(9)58-52)26-54(62)60-34(5)42-23-15-19-40-17-11-13-21-44(40)42)25-47-31(2)51(57-37(47)8)29-53-33(4)49(39(10)59-53)27-55(63)61-35(6)43-24-16-20-41-18-12-14-22-45(41)43/h11-24,28-29,34-35,58-59H,25-27H2,1-10H3,(H,60,62)(H,61,63)/b50-28-,51-29+/t34-,35-/m0/s1. The molecule has 4 aromatic carbocycles. The van der Waals surface area contributed by atoms with Gasteiger partial charge in [0.1, 0.15) is 0 Å². The molecule has 8 heteroatoms. The van der Waals surface area contributed by atoms with Crippen LogP contribution in [-0.2, 0) is 22.4 Å². The van der Waals surface area contributed by atoms with Gasteiger partial charge in [-0.2, -0.15) is 0 Å². The van der Waals surface area contributed by atoms with E-state index in [1.807, 2.05) is 64.1 Å². The molecule has 0 spiro atoms. The predicted octanol–water partition coefficient (Wildman–Crippen LogP) is 12.1. The smallest absolute Gasteiger partial charge is 0.224 e. The van der Waals surface area contributed by atoms with Crippen molar-refractivity contribution < 1.29 is 9.59 Å². The number of H-pyrrole nitrogens is 2. The number of aromatic nitrogens is 2. The predicted molar refractivity (Wildman–Crippen MR) is 261 cm³/mol. The minimum absolute atomic E-state index is 0.00816. The maximum atomic E-state index is 13.4. The molecular weight excluding hydrogens is 777 g/mol. The Morgan fingerprint density at radius 2 is 0.937 bits per heavy atom. The third-order valence-corrected chi connectivity index (χ3v) is 13.3. The van der Waals surface area contributed by atoms with Crippen molar-refractivity contribution in [3.05, 3.63) is 175 Å². The highest BCUT2D eigenvalue weighted by Crippen LogP contribution is 2.37. The van der Waals surface area contributed by atoms with Gasteiger partial charge in [-0.3, -0.25) is 19.6 Å². The minimum Gasteiger partial charge on any atom is -0.359 e. The number of nitrogens with zero attached hydrogens (tertiary/aromatic N) is 2. The van der Waals surface area contributed by atoms with Crippen LogP contribution in [0.5, 0.6) is 0 Å². The Morgan fingerprint density at radius 1 is 0.556 bits per heavy atom. The molecule has 0 bridgehead atoms. The Morgan fingerprint density at radius 3 is 1.35 bits per heavy atom. The molecule has 2 aliphatic heterocycles. The first kappa shape index (κ1) is 42.9. The number of aryl methyl sites for hydroxylation is 2. The zero-order valence-corrected chi connectivity index (χ0v) is 38.2. The average Bonchev–Trinajstić information content (AvgIpc) is 3.88. The Balaban J connectivity index is 0.951. The number of allylic oxidation sites excluding steroid dienone is 4. The van der Waals surface area contributed by atoms with E-state index in [9.17, 15) is 9.59 Å². The molecule has 8 nitrogen and oxygen atoms in total. The van der Waals surface area contributed by atoms with Crippen molar-refractivity contribution in [2.45, 2.75) is 101 Å². The fraction of sp³-hybridized carbons (Fsp3) is 0.273. The third-order valence-electron chi connectivity index (χ3n) is 13.3. The lowest BCUT2D eigenvalue weighted by atomic mass is 9.93. The fourth-order valence-corrected chi connectivity index (χ4v) is 9.53. The molecular formula is C55H58N6O2. The largest absolute Gasteiger partial charge is 0.359 e. The molecule has 0 aliphatic carbocycles. The van der Waals surface area contributed by atoms with Crippen LogP contribution >= 0.6 is 0 Å². The maximum absolute atomic E-state index is 13.4. The van der Waals surface area contributed by atoms with Crippen molar-refractivity contribution in [1.29, 1.82) is 0 Å². The molecule has 6 aromatic rings. The summed E-state index contributed by atoms with van der Waals surface area (Å²) in [5.74, 6) is -0.0163. The SMILES string of the molecule is CC1=N/C(=C\c2[nH]c(C)c(CC(=O)N[C@@H](C)c3cccc4ccccc34)c2C)C(C)=C1CC1=C(C)/C(=C\c2[nH]c(C)c(CC(=O)N[C@@H](C)c3cccc4ccccc34)c2C)N=C1C. The van der Waals surface area contributed by atoms with Crippen LogP contribution in [0.2, 0.25) is 0 Å². The van der Waals surface area contributed by atoms with Crippen molar-refractivity contribution in [3.63, 3.8) is 0 Å². The monoisotopic (exact) mass is 834 g/mol.